The highest BCUT2D eigenvalue weighted by Crippen LogP contribution is 2.54. The number of hydrogen-bond acceptors (Lipinski definition) is 10. The number of rotatable bonds is 7. The van der Waals surface area contributed by atoms with Crippen LogP contribution in [0.5, 0.6) is 5.75 Å². The monoisotopic (exact) mass is 590 g/mol. The van der Waals surface area contributed by atoms with E-state index < -0.39 is 75.7 Å². The molecule has 13 heteroatoms. The summed E-state index contributed by atoms with van der Waals surface area (Å²) >= 11 is 6.47. The summed E-state index contributed by atoms with van der Waals surface area (Å²) in [6.45, 7) is 6.71. The van der Waals surface area contributed by atoms with Crippen molar-refractivity contribution < 1.29 is 39.6 Å². The number of aliphatic hydroxyl groups is 3. The molecule has 1 saturated carbocycles. The molecule has 3 aliphatic rings. The zero-order valence-electron chi connectivity index (χ0n) is 23.5. The molecule has 0 saturated heterocycles. The number of aromatic hydroxyl groups is 1. The first-order valence-corrected chi connectivity index (χ1v) is 13.7. The molecule has 1 aromatic carbocycles. The van der Waals surface area contributed by atoms with Gasteiger partial charge in [0.1, 0.15) is 22.8 Å². The van der Waals surface area contributed by atoms with Crippen molar-refractivity contribution in [2.75, 3.05) is 32.5 Å². The maximum atomic E-state index is 13.9. The van der Waals surface area contributed by atoms with Crippen LogP contribution in [-0.2, 0) is 25.6 Å². The Hall–Kier alpha value is -3.45. The van der Waals surface area contributed by atoms with Crippen LogP contribution < -0.4 is 11.1 Å². The number of primary amides is 1. The van der Waals surface area contributed by atoms with E-state index in [-0.39, 0.29) is 34.7 Å². The number of nitrogens with one attached hydrogen (secondary N) is 1. The summed E-state index contributed by atoms with van der Waals surface area (Å²) in [5.74, 6) is -7.99. The van der Waals surface area contributed by atoms with Gasteiger partial charge in [0.25, 0.3) is 5.91 Å². The molecule has 5 atom stereocenters. The predicted molar refractivity (Wildman–Crippen MR) is 150 cm³/mol. The quantitative estimate of drug-likeness (QED) is 0.199. The topological polar surface area (TPSA) is 194 Å². The smallest absolute Gasteiger partial charge is 0.255 e. The minimum Gasteiger partial charge on any atom is -0.508 e. The molecular formula is C28H35ClN4O8. The maximum absolute atomic E-state index is 13.9. The van der Waals surface area contributed by atoms with Gasteiger partial charge in [-0.2, -0.15) is 0 Å². The summed E-state index contributed by atoms with van der Waals surface area (Å²) < 4.78 is 0. The lowest BCUT2D eigenvalue weighted by Crippen LogP contribution is -2.65. The van der Waals surface area contributed by atoms with Crippen molar-refractivity contribution in [2.45, 2.75) is 51.3 Å². The second-order valence-electron chi connectivity index (χ2n) is 11.0. The van der Waals surface area contributed by atoms with Crippen LogP contribution in [0.1, 0.15) is 38.3 Å². The van der Waals surface area contributed by atoms with Crippen molar-refractivity contribution in [3.05, 3.63) is 39.1 Å². The molecule has 3 unspecified atom stereocenters. The summed E-state index contributed by atoms with van der Waals surface area (Å²) in [5, 5.41) is 47.8. The molecule has 0 spiro atoms. The van der Waals surface area contributed by atoms with Crippen molar-refractivity contribution in [3.8, 4) is 5.75 Å². The van der Waals surface area contributed by atoms with E-state index in [1.165, 1.54) is 25.1 Å². The average Bonchev–Trinajstić information content (AvgIpc) is 2.88. The highest BCUT2D eigenvalue weighted by atomic mass is 35.5. The number of Topliss-reactive ketones (excluding diaryl/α,β-unsaturated/α-hetero) is 2. The summed E-state index contributed by atoms with van der Waals surface area (Å²) in [4.78, 5) is 55.5. The van der Waals surface area contributed by atoms with Crippen LogP contribution in [0.25, 0.3) is 5.76 Å². The van der Waals surface area contributed by atoms with Gasteiger partial charge >= 0.3 is 0 Å². The number of amides is 2. The number of nitrogens with two attached hydrogens (primary N) is 1. The van der Waals surface area contributed by atoms with Crippen molar-refractivity contribution in [2.24, 2.45) is 17.6 Å². The number of anilines is 1. The summed E-state index contributed by atoms with van der Waals surface area (Å²) in [6.07, 6.45) is 0.0515. The van der Waals surface area contributed by atoms with Gasteiger partial charge in [0, 0.05) is 11.5 Å². The van der Waals surface area contributed by atoms with Gasteiger partial charge in [-0.3, -0.25) is 29.0 Å². The molecule has 0 bridgehead atoms. The number of halogens is 1. The van der Waals surface area contributed by atoms with Crippen LogP contribution in [0.2, 0.25) is 5.02 Å². The summed E-state index contributed by atoms with van der Waals surface area (Å²) in [5.41, 5.74) is 1.51. The van der Waals surface area contributed by atoms with Crippen molar-refractivity contribution in [1.29, 1.82) is 0 Å². The van der Waals surface area contributed by atoms with Crippen LogP contribution in [0.15, 0.2) is 23.0 Å². The predicted octanol–water partition coefficient (Wildman–Crippen LogP) is 1.29. The fourth-order valence-corrected chi connectivity index (χ4v) is 6.82. The van der Waals surface area contributed by atoms with Crippen LogP contribution in [0, 0.1) is 11.8 Å². The van der Waals surface area contributed by atoms with E-state index >= 15 is 0 Å². The number of nitrogens with zero attached hydrogens (tertiary/aromatic N) is 2. The number of ketones is 2. The van der Waals surface area contributed by atoms with Gasteiger partial charge in [-0.05, 0) is 64.5 Å². The third-order valence-electron chi connectivity index (χ3n) is 8.65. The first-order valence-electron chi connectivity index (χ1n) is 13.4. The van der Waals surface area contributed by atoms with E-state index in [0.717, 1.165) is 0 Å². The van der Waals surface area contributed by atoms with Gasteiger partial charge in [-0.1, -0.05) is 25.4 Å². The number of carbonyl (C=O) groups excluding carboxylic acids is 4. The Morgan fingerprint density at radius 1 is 1.20 bits per heavy atom. The molecule has 1 fully saturated rings. The van der Waals surface area contributed by atoms with Crippen molar-refractivity contribution >= 4 is 46.4 Å². The number of phenolic OH excluding ortho intramolecular Hbond substituents is 1. The molecule has 41 heavy (non-hydrogen) atoms. The fraction of sp³-hybridized carbons (Fsp3) is 0.500. The van der Waals surface area contributed by atoms with E-state index in [1.54, 1.807) is 6.92 Å². The summed E-state index contributed by atoms with van der Waals surface area (Å²) in [6, 6.07) is -0.258. The van der Waals surface area contributed by atoms with Gasteiger partial charge in [0.2, 0.25) is 11.7 Å². The Bertz CT molecular complexity index is 1420. The molecule has 4 rings (SSSR count). The fourth-order valence-electron chi connectivity index (χ4n) is 6.55. The van der Waals surface area contributed by atoms with Gasteiger partial charge in [-0.25, -0.2) is 0 Å². The lowest BCUT2D eigenvalue weighted by atomic mass is 9.57. The van der Waals surface area contributed by atoms with Gasteiger partial charge < -0.3 is 31.5 Å². The Morgan fingerprint density at radius 2 is 1.80 bits per heavy atom. The zero-order chi connectivity index (χ0) is 30.7. The van der Waals surface area contributed by atoms with E-state index in [0.29, 0.717) is 18.7 Å². The molecular weight excluding hydrogens is 556 g/mol. The molecule has 3 aliphatic carbocycles. The number of phenols is 1. The zero-order valence-corrected chi connectivity index (χ0v) is 24.2. The molecule has 1 aromatic rings. The lowest BCUT2D eigenvalue weighted by Gasteiger charge is -2.50. The number of aliphatic hydroxyl groups excluding tert-OH is 2. The second kappa shape index (κ2) is 10.8. The van der Waals surface area contributed by atoms with Gasteiger partial charge in [-0.15, -0.1) is 0 Å². The highest BCUT2D eigenvalue weighted by molar-refractivity contribution is 6.34. The molecule has 2 amide bonds. The van der Waals surface area contributed by atoms with E-state index in [9.17, 15) is 39.6 Å². The van der Waals surface area contributed by atoms with E-state index in [1.807, 2.05) is 18.7 Å². The SMILES string of the molecule is CCN(CC)C(C)C(=O)Nc1c(Cl)cc2c(c1O)C(O)=C1C(=O)[C@]3(O)C(O)=C(C(N)=O)C(=O)[C@@H](N(C)C)C3CC1C2. The number of likely N-dealkylation sites (N-methyl/N-ethyl adjacent to an activating group) is 2. The van der Waals surface area contributed by atoms with Gasteiger partial charge in [0.15, 0.2) is 17.1 Å². The standard InChI is InChI=1S/C28H35ClN4O8/c1-6-33(7-2)11(3)27(40)31-19-15(29)10-13-8-12-9-14-20(32(4)5)23(36)18(26(30)39)25(38)28(14,41)24(37)17(12)21(34)16(13)22(19)35/h10-12,14,20,34-35,38,41H,6-9H2,1-5H3,(H2,30,39)(H,31,40)/t11?,12?,14?,20-,28-/m0/s1. The van der Waals surface area contributed by atoms with Crippen molar-refractivity contribution in [3.63, 3.8) is 0 Å². The first kappa shape index (κ1) is 30.5. The largest absolute Gasteiger partial charge is 0.508 e. The second-order valence-corrected chi connectivity index (χ2v) is 11.4. The molecule has 7 N–H and O–H groups in total. The molecule has 222 valence electrons. The Balaban J connectivity index is 1.85. The average molecular weight is 591 g/mol. The number of carbonyl (C=O) groups is 4. The Kier molecular flexibility index (Phi) is 8.00. The minimum atomic E-state index is -2.73. The first-order chi connectivity index (χ1) is 19.1. The molecule has 0 aliphatic heterocycles. The molecule has 0 heterocycles. The third kappa shape index (κ3) is 4.49. The molecule has 0 radical (unpaired) electrons. The maximum Gasteiger partial charge on any atom is 0.255 e. The van der Waals surface area contributed by atoms with Gasteiger partial charge in [0.05, 0.1) is 22.7 Å². The number of hydrogen-bond donors (Lipinski definition) is 6. The minimum absolute atomic E-state index is 0.0157. The lowest BCUT2D eigenvalue weighted by molar-refractivity contribution is -0.153. The Morgan fingerprint density at radius 3 is 2.34 bits per heavy atom. The Labute approximate surface area is 242 Å². The molecule has 12 nitrogen and oxygen atoms in total. The number of benzene rings is 1. The normalized spacial score (nSPS) is 26.6. The van der Waals surface area contributed by atoms with Crippen LogP contribution in [0.3, 0.4) is 0 Å². The molecule has 0 aromatic heterocycles. The third-order valence-corrected chi connectivity index (χ3v) is 8.95. The highest BCUT2D eigenvalue weighted by Gasteiger charge is 2.64. The van der Waals surface area contributed by atoms with Crippen LogP contribution in [0.4, 0.5) is 5.69 Å². The number of fused-ring (bicyclic) bond motifs is 3. The van der Waals surface area contributed by atoms with Crippen molar-refractivity contribution in [1.82, 2.24) is 9.80 Å². The summed E-state index contributed by atoms with van der Waals surface area (Å²) in [7, 11) is 3.06. The van der Waals surface area contributed by atoms with Crippen LogP contribution in [-0.4, -0.2) is 98.5 Å². The van der Waals surface area contributed by atoms with Crippen LogP contribution >= 0.6 is 11.6 Å². The van der Waals surface area contributed by atoms with E-state index in [4.69, 9.17) is 17.3 Å². The van der Waals surface area contributed by atoms with E-state index in [2.05, 4.69) is 5.32 Å².